The lowest BCUT2D eigenvalue weighted by Gasteiger charge is -2.24. The highest BCUT2D eigenvalue weighted by Gasteiger charge is 2.23. The van der Waals surface area contributed by atoms with E-state index in [9.17, 15) is 0 Å². The van der Waals surface area contributed by atoms with Crippen LogP contribution in [0.2, 0.25) is 0 Å². The van der Waals surface area contributed by atoms with Gasteiger partial charge in [-0.2, -0.15) is 0 Å². The summed E-state index contributed by atoms with van der Waals surface area (Å²) in [5.74, 6) is 0.275. The Kier molecular flexibility index (Phi) is 7.67. The van der Waals surface area contributed by atoms with E-state index < -0.39 is 0 Å². The first-order valence-electron chi connectivity index (χ1n) is 19.5. The summed E-state index contributed by atoms with van der Waals surface area (Å²) in [5.41, 5.74) is 16.1. The lowest BCUT2D eigenvalue weighted by atomic mass is 9.85. The average molecular weight is 715 g/mol. The molecule has 0 spiro atoms. The van der Waals surface area contributed by atoms with Crippen LogP contribution in [-0.2, 0) is 0 Å². The van der Waals surface area contributed by atoms with E-state index in [2.05, 4.69) is 221 Å². The van der Waals surface area contributed by atoms with Crippen LogP contribution in [0.5, 0.6) is 0 Å². The van der Waals surface area contributed by atoms with Gasteiger partial charge in [-0.25, -0.2) is 0 Å². The molecule has 10 aromatic rings. The number of hydrogen-bond donors (Lipinski definition) is 0. The molecule has 2 aromatic heterocycles. The molecule has 0 saturated carbocycles. The predicted molar refractivity (Wildman–Crippen MR) is 237 cm³/mol. The van der Waals surface area contributed by atoms with Crippen molar-refractivity contribution < 1.29 is 0 Å². The monoisotopic (exact) mass is 714 g/mol. The average Bonchev–Trinajstić information content (AvgIpc) is 3.79. The molecule has 0 aliphatic heterocycles. The Balaban J connectivity index is 1.05. The largest absolute Gasteiger partial charge is 0.313 e. The Morgan fingerprint density at radius 1 is 0.357 bits per heavy atom. The van der Waals surface area contributed by atoms with E-state index in [1.807, 2.05) is 0 Å². The molecule has 1 aliphatic carbocycles. The van der Waals surface area contributed by atoms with Crippen LogP contribution in [-0.4, -0.2) is 9.13 Å². The van der Waals surface area contributed by atoms with Gasteiger partial charge in [0.25, 0.3) is 0 Å². The predicted octanol–water partition coefficient (Wildman–Crippen LogP) is 14.3. The van der Waals surface area contributed by atoms with Crippen molar-refractivity contribution in [2.75, 3.05) is 0 Å². The van der Waals surface area contributed by atoms with Crippen molar-refractivity contribution in [1.29, 1.82) is 0 Å². The van der Waals surface area contributed by atoms with Gasteiger partial charge in [-0.05, 0) is 100.0 Å². The normalized spacial score (nSPS) is 14.4. The van der Waals surface area contributed by atoms with Gasteiger partial charge in [0.05, 0.1) is 22.1 Å². The van der Waals surface area contributed by atoms with E-state index in [1.165, 1.54) is 88.3 Å². The number of allylic oxidation sites excluding steroid dienone is 4. The minimum atomic E-state index is 0.275. The van der Waals surface area contributed by atoms with Gasteiger partial charge < -0.3 is 9.13 Å². The maximum atomic E-state index is 2.51. The Bertz CT molecular complexity index is 3140. The first kappa shape index (κ1) is 32.3. The number of nitrogens with zero attached hydrogens (tertiary/aromatic N) is 2. The lowest BCUT2D eigenvalue weighted by Crippen LogP contribution is -2.08. The van der Waals surface area contributed by atoms with Gasteiger partial charge in [-0.3, -0.25) is 0 Å². The fraction of sp³-hybridized carbons (Fsp3) is 0.0370. The van der Waals surface area contributed by atoms with Gasteiger partial charge in [-0.1, -0.05) is 158 Å². The molecule has 1 atom stereocenters. The SMILES string of the molecule is C1=C(c2ccccc2)C=C(n2c3ccccc3c3cc(-c4ccc5c(c4)c4ccccc4n5-c4cccc(-c5ccccc5)c4)ccc32)CC1c1ccccc1. The van der Waals surface area contributed by atoms with E-state index in [-0.39, 0.29) is 5.92 Å². The number of aromatic nitrogens is 2. The molecule has 0 bridgehead atoms. The minimum absolute atomic E-state index is 0.275. The summed E-state index contributed by atoms with van der Waals surface area (Å²) in [6.07, 6.45) is 5.78. The molecule has 2 heteroatoms. The first-order chi connectivity index (χ1) is 27.8. The molecule has 2 nitrogen and oxygen atoms in total. The Labute approximate surface area is 326 Å². The third-order valence-electron chi connectivity index (χ3n) is 11.6. The highest BCUT2D eigenvalue weighted by Crippen LogP contribution is 2.43. The van der Waals surface area contributed by atoms with E-state index in [0.29, 0.717) is 0 Å². The van der Waals surface area contributed by atoms with Crippen LogP contribution in [0.4, 0.5) is 0 Å². The summed E-state index contributed by atoms with van der Waals surface area (Å²) in [6, 6.07) is 73.0. The minimum Gasteiger partial charge on any atom is -0.313 e. The lowest BCUT2D eigenvalue weighted by molar-refractivity contribution is 0.840. The van der Waals surface area contributed by atoms with E-state index in [1.54, 1.807) is 0 Å². The van der Waals surface area contributed by atoms with Crippen molar-refractivity contribution in [1.82, 2.24) is 9.13 Å². The zero-order valence-corrected chi connectivity index (χ0v) is 30.9. The first-order valence-corrected chi connectivity index (χ1v) is 19.5. The van der Waals surface area contributed by atoms with Gasteiger partial charge in [0.1, 0.15) is 0 Å². The zero-order valence-electron chi connectivity index (χ0n) is 30.9. The molecule has 11 rings (SSSR count). The van der Waals surface area contributed by atoms with Crippen LogP contribution in [0.1, 0.15) is 23.5 Å². The summed E-state index contributed by atoms with van der Waals surface area (Å²) < 4.78 is 4.93. The van der Waals surface area contributed by atoms with E-state index >= 15 is 0 Å². The van der Waals surface area contributed by atoms with Crippen molar-refractivity contribution in [3.05, 3.63) is 223 Å². The molecular weight excluding hydrogens is 677 g/mol. The van der Waals surface area contributed by atoms with Gasteiger partial charge >= 0.3 is 0 Å². The Morgan fingerprint density at radius 3 is 1.52 bits per heavy atom. The fourth-order valence-electron chi connectivity index (χ4n) is 9.02. The third-order valence-corrected chi connectivity index (χ3v) is 11.6. The molecule has 0 N–H and O–H groups in total. The zero-order chi connectivity index (χ0) is 37.0. The summed E-state index contributed by atoms with van der Waals surface area (Å²) in [4.78, 5) is 0. The molecule has 0 saturated heterocycles. The maximum Gasteiger partial charge on any atom is 0.0541 e. The van der Waals surface area contributed by atoms with Crippen molar-refractivity contribution in [3.8, 4) is 27.9 Å². The standard InChI is InChI=1S/C54H38N2/c1-4-15-37(16-5-1)40-21-14-22-45(32-40)55-51-25-12-10-23-47(51)49-35-41(27-29-53(49)55)42-28-30-54-50(36-42)48-24-11-13-26-52(48)56(54)46-33-43(38-17-6-2-7-18-38)31-44(34-46)39-19-8-3-9-20-39/h1-33,35-36,44H,34H2. The van der Waals surface area contributed by atoms with Crippen LogP contribution in [0.25, 0.3) is 82.8 Å². The quantitative estimate of drug-likeness (QED) is 0.162. The smallest absolute Gasteiger partial charge is 0.0541 e. The second-order valence-electron chi connectivity index (χ2n) is 14.9. The van der Waals surface area contributed by atoms with Crippen LogP contribution >= 0.6 is 0 Å². The van der Waals surface area contributed by atoms with Crippen LogP contribution in [0.15, 0.2) is 212 Å². The molecule has 0 radical (unpaired) electrons. The molecule has 56 heavy (non-hydrogen) atoms. The second-order valence-corrected chi connectivity index (χ2v) is 14.9. The van der Waals surface area contributed by atoms with Gasteiger partial charge in [0, 0.05) is 38.8 Å². The fourth-order valence-corrected chi connectivity index (χ4v) is 9.02. The van der Waals surface area contributed by atoms with Crippen LogP contribution in [0, 0.1) is 0 Å². The number of hydrogen-bond acceptors (Lipinski definition) is 0. The van der Waals surface area contributed by atoms with Crippen LogP contribution in [0.3, 0.4) is 0 Å². The summed E-state index contributed by atoms with van der Waals surface area (Å²) >= 11 is 0. The summed E-state index contributed by atoms with van der Waals surface area (Å²) in [6.45, 7) is 0. The van der Waals surface area contributed by atoms with Gasteiger partial charge in [0.15, 0.2) is 0 Å². The molecule has 1 aliphatic rings. The number of benzene rings is 8. The highest BCUT2D eigenvalue weighted by atomic mass is 15.0. The Morgan fingerprint density at radius 2 is 0.857 bits per heavy atom. The van der Waals surface area contributed by atoms with Gasteiger partial charge in [0.2, 0.25) is 0 Å². The molecule has 0 amide bonds. The number of rotatable bonds is 6. The maximum absolute atomic E-state index is 2.51. The van der Waals surface area contributed by atoms with Crippen LogP contribution < -0.4 is 0 Å². The third kappa shape index (κ3) is 5.41. The van der Waals surface area contributed by atoms with Crippen molar-refractivity contribution in [3.63, 3.8) is 0 Å². The highest BCUT2D eigenvalue weighted by molar-refractivity contribution is 6.13. The molecule has 1 unspecified atom stereocenters. The van der Waals surface area contributed by atoms with Gasteiger partial charge in [-0.15, -0.1) is 0 Å². The van der Waals surface area contributed by atoms with Crippen molar-refractivity contribution in [2.45, 2.75) is 12.3 Å². The van der Waals surface area contributed by atoms with E-state index in [0.717, 1.165) is 12.1 Å². The topological polar surface area (TPSA) is 9.86 Å². The summed E-state index contributed by atoms with van der Waals surface area (Å²) in [7, 11) is 0. The second kappa shape index (κ2) is 13.3. The van der Waals surface area contributed by atoms with Crippen molar-refractivity contribution >= 4 is 54.9 Å². The molecule has 2 heterocycles. The molecule has 0 fully saturated rings. The molecule has 8 aromatic carbocycles. The molecule has 264 valence electrons. The Hall–Kier alpha value is -7.16. The molecular formula is C54H38N2. The van der Waals surface area contributed by atoms with Crippen molar-refractivity contribution in [2.24, 2.45) is 0 Å². The number of para-hydroxylation sites is 2. The summed E-state index contributed by atoms with van der Waals surface area (Å²) in [5, 5.41) is 5.05. The number of fused-ring (bicyclic) bond motifs is 6. The van der Waals surface area contributed by atoms with E-state index in [4.69, 9.17) is 0 Å².